The van der Waals surface area contributed by atoms with E-state index in [1.165, 1.54) is 7.11 Å². The lowest BCUT2D eigenvalue weighted by Crippen LogP contribution is -2.06. The lowest BCUT2D eigenvalue weighted by Gasteiger charge is -2.09. The van der Waals surface area contributed by atoms with Crippen LogP contribution in [0.3, 0.4) is 0 Å². The number of methoxy groups -OCH3 is 1. The number of carbonyl (C=O) groups is 1. The Morgan fingerprint density at radius 3 is 2.34 bits per heavy atom. The molecule has 0 fully saturated rings. The highest BCUT2D eigenvalue weighted by Gasteiger charge is 2.14. The van der Waals surface area contributed by atoms with Crippen LogP contribution >= 0.6 is 23.2 Å². The Morgan fingerprint density at radius 2 is 1.69 bits per heavy atom. The topological polar surface area (TPSA) is 70.1 Å². The van der Waals surface area contributed by atoms with Gasteiger partial charge in [0, 0.05) is 35.4 Å². The molecule has 0 saturated carbocycles. The molecule has 0 aliphatic heterocycles. The molecule has 1 heterocycles. The molecule has 0 saturated heterocycles. The van der Waals surface area contributed by atoms with E-state index in [0.717, 1.165) is 33.9 Å². The van der Waals surface area contributed by atoms with Crippen molar-refractivity contribution in [2.24, 2.45) is 0 Å². The molecule has 32 heavy (non-hydrogen) atoms. The van der Waals surface area contributed by atoms with Crippen LogP contribution in [0.2, 0.25) is 10.0 Å². The quantitative estimate of drug-likeness (QED) is 0.285. The molecule has 4 rings (SSSR count). The van der Waals surface area contributed by atoms with E-state index in [1.54, 1.807) is 24.3 Å². The Morgan fingerprint density at radius 1 is 1.00 bits per heavy atom. The van der Waals surface area contributed by atoms with Crippen LogP contribution in [-0.4, -0.2) is 22.6 Å². The molecule has 0 bridgehead atoms. The van der Waals surface area contributed by atoms with E-state index < -0.39 is 0 Å². The molecule has 0 amide bonds. The molecule has 0 spiro atoms. The molecule has 0 atom stereocenters. The second-order valence-corrected chi connectivity index (χ2v) is 8.24. The highest BCUT2D eigenvalue weighted by Crippen LogP contribution is 2.30. The highest BCUT2D eigenvalue weighted by molar-refractivity contribution is 6.36. The van der Waals surface area contributed by atoms with Gasteiger partial charge < -0.3 is 15.0 Å². The Kier molecular flexibility index (Phi) is 6.49. The summed E-state index contributed by atoms with van der Waals surface area (Å²) in [5, 5.41) is 1.12. The van der Waals surface area contributed by atoms with E-state index in [4.69, 9.17) is 38.7 Å². The summed E-state index contributed by atoms with van der Waals surface area (Å²) in [6.45, 7) is 0.587. The molecule has 4 aromatic rings. The van der Waals surface area contributed by atoms with Crippen LogP contribution in [0.15, 0.2) is 72.9 Å². The van der Waals surface area contributed by atoms with E-state index in [1.807, 2.05) is 48.7 Å². The molecule has 2 N–H and O–H groups in total. The van der Waals surface area contributed by atoms with Crippen molar-refractivity contribution >= 4 is 34.9 Å². The Labute approximate surface area is 196 Å². The number of imidazole rings is 1. The normalized spacial score (nSPS) is 10.8. The summed E-state index contributed by atoms with van der Waals surface area (Å²) in [7, 11) is 1.37. The lowest BCUT2D eigenvalue weighted by atomic mass is 10.1. The number of nitrogen functional groups attached to an aromatic ring is 1. The zero-order valence-corrected chi connectivity index (χ0v) is 18.9. The third-order valence-electron chi connectivity index (χ3n) is 5.14. The minimum absolute atomic E-state index is 0.358. The molecule has 3 aromatic carbocycles. The maximum atomic E-state index is 11.7. The fourth-order valence-corrected chi connectivity index (χ4v) is 3.94. The van der Waals surface area contributed by atoms with Gasteiger partial charge >= 0.3 is 5.97 Å². The molecule has 0 radical (unpaired) electrons. The number of benzene rings is 3. The first-order chi connectivity index (χ1) is 15.4. The zero-order chi connectivity index (χ0) is 22.7. The predicted molar refractivity (Wildman–Crippen MR) is 128 cm³/mol. The number of anilines is 1. The van der Waals surface area contributed by atoms with Crippen molar-refractivity contribution in [2.75, 3.05) is 12.8 Å². The fourth-order valence-electron chi connectivity index (χ4n) is 3.44. The first-order valence-corrected chi connectivity index (χ1v) is 10.7. The zero-order valence-electron chi connectivity index (χ0n) is 17.4. The second-order valence-electron chi connectivity index (χ2n) is 7.40. The third kappa shape index (κ3) is 4.96. The maximum Gasteiger partial charge on any atom is 0.337 e. The van der Waals surface area contributed by atoms with Gasteiger partial charge in [-0.3, -0.25) is 0 Å². The summed E-state index contributed by atoms with van der Waals surface area (Å²) < 4.78 is 6.86. The predicted octanol–water partition coefficient (Wildman–Crippen LogP) is 5.86. The summed E-state index contributed by atoms with van der Waals surface area (Å²) in [5.41, 5.74) is 10.8. The van der Waals surface area contributed by atoms with Crippen molar-refractivity contribution in [2.45, 2.75) is 13.0 Å². The Hall–Kier alpha value is -3.28. The first-order valence-electron chi connectivity index (χ1n) is 9.96. The standard InChI is InChI=1S/C25H21Cl2N3O2/c1-32-25(31)18-6-2-17(3-7-18)14-30-15-23(21-11-8-19(26)13-22(21)27)29-24(30)12-16-4-9-20(28)10-5-16/h2-11,13,15H,12,14,28H2,1H3. The van der Waals surface area contributed by atoms with Crippen LogP contribution in [0.5, 0.6) is 0 Å². The summed E-state index contributed by atoms with van der Waals surface area (Å²) in [5.74, 6) is 0.524. The van der Waals surface area contributed by atoms with Gasteiger partial charge in [0.15, 0.2) is 0 Å². The van der Waals surface area contributed by atoms with Crippen molar-refractivity contribution in [3.8, 4) is 11.3 Å². The van der Waals surface area contributed by atoms with Crippen LogP contribution in [0.25, 0.3) is 11.3 Å². The van der Waals surface area contributed by atoms with Gasteiger partial charge in [-0.1, -0.05) is 47.5 Å². The summed E-state index contributed by atoms with van der Waals surface area (Å²) in [4.78, 5) is 16.6. The maximum absolute atomic E-state index is 11.7. The van der Waals surface area contributed by atoms with Gasteiger partial charge in [-0.2, -0.15) is 0 Å². The van der Waals surface area contributed by atoms with Crippen molar-refractivity contribution in [1.29, 1.82) is 0 Å². The molecular formula is C25H21Cl2N3O2. The molecule has 7 heteroatoms. The number of esters is 1. The molecule has 1 aromatic heterocycles. The number of ether oxygens (including phenoxy) is 1. The Balaban J connectivity index is 1.69. The molecule has 5 nitrogen and oxygen atoms in total. The lowest BCUT2D eigenvalue weighted by molar-refractivity contribution is 0.0600. The van der Waals surface area contributed by atoms with Gasteiger partial charge in [-0.25, -0.2) is 9.78 Å². The molecule has 162 valence electrons. The number of nitrogens with zero attached hydrogens (tertiary/aromatic N) is 2. The largest absolute Gasteiger partial charge is 0.465 e. The number of nitrogens with two attached hydrogens (primary N) is 1. The van der Waals surface area contributed by atoms with Crippen molar-refractivity contribution in [1.82, 2.24) is 9.55 Å². The summed E-state index contributed by atoms with van der Waals surface area (Å²) >= 11 is 12.5. The number of rotatable bonds is 6. The fraction of sp³-hybridized carbons (Fsp3) is 0.120. The number of carbonyl (C=O) groups excluding carboxylic acids is 1. The van der Waals surface area contributed by atoms with Crippen molar-refractivity contribution < 1.29 is 9.53 Å². The van der Waals surface area contributed by atoms with E-state index in [9.17, 15) is 4.79 Å². The average molecular weight is 466 g/mol. The number of hydrogen-bond acceptors (Lipinski definition) is 4. The van der Waals surface area contributed by atoms with Crippen molar-refractivity contribution in [3.63, 3.8) is 0 Å². The minimum Gasteiger partial charge on any atom is -0.465 e. The average Bonchev–Trinajstić information content (AvgIpc) is 3.17. The van der Waals surface area contributed by atoms with Gasteiger partial charge in [-0.15, -0.1) is 0 Å². The monoisotopic (exact) mass is 465 g/mol. The van der Waals surface area contributed by atoms with Gasteiger partial charge in [0.2, 0.25) is 0 Å². The number of aromatic nitrogens is 2. The van der Waals surface area contributed by atoms with Crippen LogP contribution in [0, 0.1) is 0 Å². The third-order valence-corrected chi connectivity index (χ3v) is 5.68. The summed E-state index contributed by atoms with van der Waals surface area (Å²) in [6, 6.07) is 20.5. The van der Waals surface area contributed by atoms with E-state index >= 15 is 0 Å². The van der Waals surface area contributed by atoms with Crippen molar-refractivity contribution in [3.05, 3.63) is 105 Å². The smallest absolute Gasteiger partial charge is 0.337 e. The number of halogens is 2. The Bertz CT molecular complexity index is 1250. The van der Waals surface area contributed by atoms with Crippen LogP contribution in [0.1, 0.15) is 27.3 Å². The van der Waals surface area contributed by atoms with Crippen LogP contribution in [-0.2, 0) is 17.7 Å². The SMILES string of the molecule is COC(=O)c1ccc(Cn2cc(-c3ccc(Cl)cc3Cl)nc2Cc2ccc(N)cc2)cc1. The van der Waals surface area contributed by atoms with Crippen LogP contribution < -0.4 is 5.73 Å². The van der Waals surface area contributed by atoms with E-state index in [-0.39, 0.29) is 5.97 Å². The second kappa shape index (κ2) is 9.47. The van der Waals surface area contributed by atoms with Gasteiger partial charge in [0.25, 0.3) is 0 Å². The molecule has 0 aliphatic carbocycles. The van der Waals surface area contributed by atoms with E-state index in [2.05, 4.69) is 4.57 Å². The van der Waals surface area contributed by atoms with Gasteiger partial charge in [0.1, 0.15) is 5.82 Å². The highest BCUT2D eigenvalue weighted by atomic mass is 35.5. The first kappa shape index (κ1) is 21.9. The van der Waals surface area contributed by atoms with Gasteiger partial charge in [0.05, 0.1) is 23.4 Å². The molecule has 0 aliphatic rings. The minimum atomic E-state index is -0.358. The van der Waals surface area contributed by atoms with E-state index in [0.29, 0.717) is 28.6 Å². The molecule has 0 unspecified atom stereocenters. The number of hydrogen-bond donors (Lipinski definition) is 1. The van der Waals surface area contributed by atoms with Gasteiger partial charge in [-0.05, 0) is 53.6 Å². The van der Waals surface area contributed by atoms with Crippen LogP contribution in [0.4, 0.5) is 5.69 Å². The summed E-state index contributed by atoms with van der Waals surface area (Å²) in [6.07, 6.45) is 2.61. The molecular weight excluding hydrogens is 445 g/mol.